The van der Waals surface area contributed by atoms with Crippen molar-refractivity contribution in [2.75, 3.05) is 13.7 Å². The number of nitrogens with one attached hydrogen (secondary N) is 1. The number of methoxy groups -OCH3 is 1. The van der Waals surface area contributed by atoms with Crippen molar-refractivity contribution in [3.63, 3.8) is 0 Å². The standard InChI is InChI=1S/C10H21NO3/c1-4-5-6-8(2)11-9(7-14-3)10(12)13/h8-9,11H,4-7H2,1-3H3,(H,12,13). The smallest absolute Gasteiger partial charge is 0.323 e. The summed E-state index contributed by atoms with van der Waals surface area (Å²) in [5.74, 6) is -0.852. The summed E-state index contributed by atoms with van der Waals surface area (Å²) < 4.78 is 4.83. The van der Waals surface area contributed by atoms with Crippen LogP contribution in [0.25, 0.3) is 0 Å². The van der Waals surface area contributed by atoms with Crippen molar-refractivity contribution in [2.45, 2.75) is 45.2 Å². The van der Waals surface area contributed by atoms with Crippen molar-refractivity contribution >= 4 is 5.97 Å². The lowest BCUT2D eigenvalue weighted by atomic mass is 10.1. The molecule has 2 unspecified atom stereocenters. The van der Waals surface area contributed by atoms with Gasteiger partial charge in [-0.3, -0.25) is 10.1 Å². The molecule has 2 N–H and O–H groups in total. The molecule has 0 bridgehead atoms. The van der Waals surface area contributed by atoms with Gasteiger partial charge in [-0.05, 0) is 13.3 Å². The van der Waals surface area contributed by atoms with E-state index in [1.54, 1.807) is 0 Å². The number of hydrogen-bond donors (Lipinski definition) is 2. The van der Waals surface area contributed by atoms with Crippen molar-refractivity contribution in [3.8, 4) is 0 Å². The van der Waals surface area contributed by atoms with Gasteiger partial charge < -0.3 is 9.84 Å². The number of rotatable bonds is 8. The maximum atomic E-state index is 10.8. The summed E-state index contributed by atoms with van der Waals surface area (Å²) in [6.45, 7) is 4.34. The molecule has 0 rings (SSSR count). The lowest BCUT2D eigenvalue weighted by Gasteiger charge is -2.19. The third-order valence-corrected chi connectivity index (χ3v) is 2.11. The Morgan fingerprint density at radius 3 is 2.64 bits per heavy atom. The second kappa shape index (κ2) is 7.76. The Bertz CT molecular complexity index is 161. The Kier molecular flexibility index (Phi) is 7.42. The van der Waals surface area contributed by atoms with Crippen LogP contribution in [0.5, 0.6) is 0 Å². The molecule has 84 valence electrons. The van der Waals surface area contributed by atoms with Gasteiger partial charge in [-0.25, -0.2) is 0 Å². The molecule has 0 aromatic rings. The first-order valence-electron chi connectivity index (χ1n) is 5.09. The lowest BCUT2D eigenvalue weighted by Crippen LogP contribution is -2.44. The highest BCUT2D eigenvalue weighted by molar-refractivity contribution is 5.73. The summed E-state index contributed by atoms with van der Waals surface area (Å²) in [5.41, 5.74) is 0. The quantitative estimate of drug-likeness (QED) is 0.623. The van der Waals surface area contributed by atoms with Gasteiger partial charge in [0.15, 0.2) is 0 Å². The molecule has 0 aromatic carbocycles. The van der Waals surface area contributed by atoms with Gasteiger partial charge in [-0.2, -0.15) is 0 Å². The number of carbonyl (C=O) groups is 1. The summed E-state index contributed by atoms with van der Waals surface area (Å²) in [6, 6.07) is -0.363. The molecule has 0 heterocycles. The van der Waals surface area contributed by atoms with Crippen LogP contribution < -0.4 is 5.32 Å². The molecule has 0 saturated heterocycles. The fourth-order valence-electron chi connectivity index (χ4n) is 1.29. The number of aliphatic carboxylic acids is 1. The van der Waals surface area contributed by atoms with Gasteiger partial charge in [0.2, 0.25) is 0 Å². The lowest BCUT2D eigenvalue weighted by molar-refractivity contribution is -0.141. The Morgan fingerprint density at radius 1 is 1.57 bits per heavy atom. The van der Waals surface area contributed by atoms with Crippen LogP contribution >= 0.6 is 0 Å². The highest BCUT2D eigenvalue weighted by atomic mass is 16.5. The molecule has 4 heteroatoms. The third kappa shape index (κ3) is 5.94. The van der Waals surface area contributed by atoms with Gasteiger partial charge >= 0.3 is 5.97 Å². The summed E-state index contributed by atoms with van der Waals surface area (Å²) in [5, 5.41) is 11.9. The summed E-state index contributed by atoms with van der Waals surface area (Å²) in [7, 11) is 1.51. The van der Waals surface area contributed by atoms with Crippen molar-refractivity contribution in [2.24, 2.45) is 0 Å². The SMILES string of the molecule is CCCCC(C)NC(COC)C(=O)O. The van der Waals surface area contributed by atoms with Crippen LogP contribution in [0.1, 0.15) is 33.1 Å². The molecule has 0 fully saturated rings. The summed E-state index contributed by atoms with van der Waals surface area (Å²) in [6.07, 6.45) is 3.26. The maximum Gasteiger partial charge on any atom is 0.323 e. The zero-order valence-corrected chi connectivity index (χ0v) is 9.25. The predicted octanol–water partition coefficient (Wildman–Crippen LogP) is 1.25. The maximum absolute atomic E-state index is 10.8. The van der Waals surface area contributed by atoms with Crippen LogP contribution in [0.15, 0.2) is 0 Å². The molecule has 0 aliphatic heterocycles. The van der Waals surface area contributed by atoms with E-state index in [1.807, 2.05) is 6.92 Å². The Balaban J connectivity index is 3.83. The zero-order chi connectivity index (χ0) is 11.0. The molecule has 14 heavy (non-hydrogen) atoms. The predicted molar refractivity (Wildman–Crippen MR) is 55.4 cm³/mol. The molecule has 0 saturated carbocycles. The van der Waals surface area contributed by atoms with E-state index in [-0.39, 0.29) is 12.6 Å². The van der Waals surface area contributed by atoms with E-state index in [0.717, 1.165) is 19.3 Å². The van der Waals surface area contributed by atoms with E-state index in [2.05, 4.69) is 12.2 Å². The molecular weight excluding hydrogens is 182 g/mol. The molecule has 2 atom stereocenters. The van der Waals surface area contributed by atoms with Crippen LogP contribution in [0.2, 0.25) is 0 Å². The molecular formula is C10H21NO3. The van der Waals surface area contributed by atoms with Crippen LogP contribution in [-0.4, -0.2) is 36.9 Å². The Hall–Kier alpha value is -0.610. The second-order valence-corrected chi connectivity index (χ2v) is 3.56. The van der Waals surface area contributed by atoms with Crippen molar-refractivity contribution in [1.82, 2.24) is 5.32 Å². The van der Waals surface area contributed by atoms with Crippen molar-refractivity contribution in [3.05, 3.63) is 0 Å². The Labute approximate surface area is 85.6 Å². The minimum atomic E-state index is -0.852. The van der Waals surface area contributed by atoms with Crippen molar-refractivity contribution in [1.29, 1.82) is 0 Å². The van der Waals surface area contributed by atoms with Gasteiger partial charge in [0, 0.05) is 13.2 Å². The number of hydrogen-bond acceptors (Lipinski definition) is 3. The number of ether oxygens (including phenoxy) is 1. The van der Waals surface area contributed by atoms with E-state index in [1.165, 1.54) is 7.11 Å². The first kappa shape index (κ1) is 13.4. The number of carboxylic acid groups (broad SMARTS) is 1. The normalized spacial score (nSPS) is 15.1. The largest absolute Gasteiger partial charge is 0.480 e. The number of unbranched alkanes of at least 4 members (excludes halogenated alkanes) is 1. The summed E-state index contributed by atoms with van der Waals surface area (Å²) in [4.78, 5) is 10.8. The highest BCUT2D eigenvalue weighted by Crippen LogP contribution is 2.01. The molecule has 0 aliphatic rings. The van der Waals surface area contributed by atoms with E-state index in [4.69, 9.17) is 9.84 Å². The van der Waals surface area contributed by atoms with E-state index >= 15 is 0 Å². The zero-order valence-electron chi connectivity index (χ0n) is 9.25. The molecule has 0 radical (unpaired) electrons. The van der Waals surface area contributed by atoms with Gasteiger partial charge in [-0.15, -0.1) is 0 Å². The van der Waals surface area contributed by atoms with Gasteiger partial charge in [0.1, 0.15) is 6.04 Å². The fraction of sp³-hybridized carbons (Fsp3) is 0.900. The topological polar surface area (TPSA) is 58.6 Å². The van der Waals surface area contributed by atoms with Crippen LogP contribution in [0.3, 0.4) is 0 Å². The third-order valence-electron chi connectivity index (χ3n) is 2.11. The molecule has 4 nitrogen and oxygen atoms in total. The monoisotopic (exact) mass is 203 g/mol. The minimum absolute atomic E-state index is 0.214. The van der Waals surface area contributed by atoms with Crippen LogP contribution in [-0.2, 0) is 9.53 Å². The van der Waals surface area contributed by atoms with E-state index in [0.29, 0.717) is 0 Å². The molecule has 0 aromatic heterocycles. The molecule has 0 spiro atoms. The fourth-order valence-corrected chi connectivity index (χ4v) is 1.29. The summed E-state index contributed by atoms with van der Waals surface area (Å²) >= 11 is 0. The second-order valence-electron chi connectivity index (χ2n) is 3.56. The van der Waals surface area contributed by atoms with Gasteiger partial charge in [0.25, 0.3) is 0 Å². The van der Waals surface area contributed by atoms with Crippen LogP contribution in [0.4, 0.5) is 0 Å². The first-order chi connectivity index (χ1) is 6.61. The van der Waals surface area contributed by atoms with Crippen molar-refractivity contribution < 1.29 is 14.6 Å². The Morgan fingerprint density at radius 2 is 2.21 bits per heavy atom. The molecule has 0 aliphatic carbocycles. The average Bonchev–Trinajstić information content (AvgIpc) is 2.14. The highest BCUT2D eigenvalue weighted by Gasteiger charge is 2.18. The molecule has 0 amide bonds. The first-order valence-corrected chi connectivity index (χ1v) is 5.09. The minimum Gasteiger partial charge on any atom is -0.480 e. The number of carboxylic acids is 1. The van der Waals surface area contributed by atoms with Gasteiger partial charge in [0.05, 0.1) is 6.61 Å². The van der Waals surface area contributed by atoms with E-state index in [9.17, 15) is 4.79 Å². The van der Waals surface area contributed by atoms with Crippen LogP contribution in [0, 0.1) is 0 Å². The van der Waals surface area contributed by atoms with E-state index < -0.39 is 12.0 Å². The van der Waals surface area contributed by atoms with Gasteiger partial charge in [-0.1, -0.05) is 19.8 Å². The average molecular weight is 203 g/mol.